The number of amides is 1. The van der Waals surface area contributed by atoms with Crippen LogP contribution in [0, 0.1) is 0 Å². The Hall–Kier alpha value is -1.72. The maximum atomic E-state index is 11.9. The average molecular weight is 370 g/mol. The van der Waals surface area contributed by atoms with Crippen LogP contribution in [0.25, 0.3) is 0 Å². The third-order valence-corrected chi connectivity index (χ3v) is 3.58. The topological polar surface area (TPSA) is 55.6 Å². The number of anilines is 1. The molecule has 2 N–H and O–H groups in total. The molecule has 0 saturated carbocycles. The van der Waals surface area contributed by atoms with Crippen LogP contribution in [0.2, 0.25) is 5.02 Å². The molecule has 0 aromatic heterocycles. The second-order valence-corrected chi connectivity index (χ2v) is 5.95. The molecule has 1 amide bonds. The number of benzene rings is 2. The highest BCUT2D eigenvalue weighted by molar-refractivity contribution is 9.10. The van der Waals surface area contributed by atoms with Crippen molar-refractivity contribution in [3.05, 3.63) is 51.5 Å². The van der Waals surface area contributed by atoms with Crippen molar-refractivity contribution in [1.82, 2.24) is 4.90 Å². The lowest BCUT2D eigenvalue weighted by molar-refractivity contribution is 0.0827. The predicted molar refractivity (Wildman–Crippen MR) is 88.1 cm³/mol. The number of ether oxygens (including phenoxy) is 1. The highest BCUT2D eigenvalue weighted by Gasteiger charge is 2.12. The molecule has 2 rings (SSSR count). The first-order valence-corrected chi connectivity index (χ1v) is 7.29. The summed E-state index contributed by atoms with van der Waals surface area (Å²) < 4.78 is 6.55. The van der Waals surface area contributed by atoms with Crippen LogP contribution in [0.4, 0.5) is 5.69 Å². The van der Waals surface area contributed by atoms with Gasteiger partial charge in [-0.25, -0.2) is 0 Å². The number of hydrogen-bond acceptors (Lipinski definition) is 3. The molecule has 4 nitrogen and oxygen atoms in total. The highest BCUT2D eigenvalue weighted by Crippen LogP contribution is 2.34. The minimum absolute atomic E-state index is 0.117. The second-order valence-electron chi connectivity index (χ2n) is 4.63. The van der Waals surface area contributed by atoms with Crippen LogP contribution in [0.5, 0.6) is 11.5 Å². The van der Waals surface area contributed by atoms with E-state index in [0.29, 0.717) is 27.8 Å². The summed E-state index contributed by atoms with van der Waals surface area (Å²) in [6.07, 6.45) is 0. The second kappa shape index (κ2) is 6.37. The zero-order valence-electron chi connectivity index (χ0n) is 11.6. The molecule has 0 aliphatic rings. The van der Waals surface area contributed by atoms with E-state index in [0.717, 1.165) is 4.47 Å². The molecule has 0 aliphatic heterocycles. The Kier molecular flexibility index (Phi) is 4.75. The van der Waals surface area contributed by atoms with Crippen LogP contribution in [0.1, 0.15) is 10.4 Å². The lowest BCUT2D eigenvalue weighted by atomic mass is 10.1. The Bertz CT molecular complexity index is 689. The zero-order valence-corrected chi connectivity index (χ0v) is 13.9. The fourth-order valence-electron chi connectivity index (χ4n) is 1.71. The molecular formula is C15H14BrClN2O2. The largest absolute Gasteiger partial charge is 0.454 e. The van der Waals surface area contributed by atoms with Gasteiger partial charge in [0.2, 0.25) is 0 Å². The van der Waals surface area contributed by atoms with Gasteiger partial charge < -0.3 is 15.4 Å². The SMILES string of the molecule is CN(C)C(=O)c1ccc(Oc2cc(Br)ccc2Cl)c(N)c1. The van der Waals surface area contributed by atoms with Crippen molar-refractivity contribution >= 4 is 39.1 Å². The molecular weight excluding hydrogens is 356 g/mol. The van der Waals surface area contributed by atoms with E-state index in [2.05, 4.69) is 15.9 Å². The van der Waals surface area contributed by atoms with Gasteiger partial charge in [-0.1, -0.05) is 27.5 Å². The maximum absolute atomic E-state index is 11.9. The van der Waals surface area contributed by atoms with Gasteiger partial charge in [-0.3, -0.25) is 4.79 Å². The third-order valence-electron chi connectivity index (χ3n) is 2.78. The number of carbonyl (C=O) groups is 1. The number of nitrogens with zero attached hydrogens (tertiary/aromatic N) is 1. The van der Waals surface area contributed by atoms with Crippen molar-refractivity contribution in [2.75, 3.05) is 19.8 Å². The third kappa shape index (κ3) is 3.68. The van der Waals surface area contributed by atoms with E-state index in [4.69, 9.17) is 22.1 Å². The maximum Gasteiger partial charge on any atom is 0.253 e. The van der Waals surface area contributed by atoms with Crippen LogP contribution >= 0.6 is 27.5 Å². The van der Waals surface area contributed by atoms with Crippen LogP contribution in [0.15, 0.2) is 40.9 Å². The molecule has 0 fully saturated rings. The zero-order chi connectivity index (χ0) is 15.6. The van der Waals surface area contributed by atoms with E-state index in [-0.39, 0.29) is 5.91 Å². The number of rotatable bonds is 3. The Morgan fingerprint density at radius 1 is 1.19 bits per heavy atom. The van der Waals surface area contributed by atoms with Crippen molar-refractivity contribution in [3.63, 3.8) is 0 Å². The van der Waals surface area contributed by atoms with E-state index >= 15 is 0 Å². The quantitative estimate of drug-likeness (QED) is 0.826. The number of halogens is 2. The average Bonchev–Trinajstić information content (AvgIpc) is 2.44. The minimum atomic E-state index is -0.117. The van der Waals surface area contributed by atoms with Gasteiger partial charge in [0.1, 0.15) is 11.5 Å². The molecule has 0 saturated heterocycles. The molecule has 21 heavy (non-hydrogen) atoms. The monoisotopic (exact) mass is 368 g/mol. The molecule has 0 unspecified atom stereocenters. The summed E-state index contributed by atoms with van der Waals surface area (Å²) in [5.74, 6) is 0.823. The normalized spacial score (nSPS) is 10.3. The summed E-state index contributed by atoms with van der Waals surface area (Å²) in [7, 11) is 3.37. The fourth-order valence-corrected chi connectivity index (χ4v) is 2.20. The van der Waals surface area contributed by atoms with Crippen LogP contribution in [-0.2, 0) is 0 Å². The molecule has 0 bridgehead atoms. The summed E-state index contributed by atoms with van der Waals surface area (Å²) in [6, 6.07) is 10.2. The number of nitrogen functional groups attached to an aromatic ring is 1. The summed E-state index contributed by atoms with van der Waals surface area (Å²) >= 11 is 9.43. The van der Waals surface area contributed by atoms with E-state index in [1.165, 1.54) is 4.90 Å². The van der Waals surface area contributed by atoms with Crippen LogP contribution in [0.3, 0.4) is 0 Å². The Labute approximate surface area is 136 Å². The van der Waals surface area contributed by atoms with Crippen LogP contribution in [-0.4, -0.2) is 24.9 Å². The first kappa shape index (κ1) is 15.7. The van der Waals surface area contributed by atoms with Crippen molar-refractivity contribution in [1.29, 1.82) is 0 Å². The first-order chi connectivity index (χ1) is 9.88. The van der Waals surface area contributed by atoms with Crippen molar-refractivity contribution in [3.8, 4) is 11.5 Å². The van der Waals surface area contributed by atoms with Gasteiger partial charge in [-0.05, 0) is 36.4 Å². The molecule has 2 aromatic carbocycles. The van der Waals surface area contributed by atoms with E-state index in [9.17, 15) is 4.79 Å². The van der Waals surface area contributed by atoms with E-state index in [1.807, 2.05) is 6.07 Å². The van der Waals surface area contributed by atoms with Gasteiger partial charge in [-0.2, -0.15) is 0 Å². The summed E-state index contributed by atoms with van der Waals surface area (Å²) in [5, 5.41) is 0.478. The van der Waals surface area contributed by atoms with E-state index in [1.54, 1.807) is 44.4 Å². The lowest BCUT2D eigenvalue weighted by Crippen LogP contribution is -2.21. The first-order valence-electron chi connectivity index (χ1n) is 6.12. The molecule has 0 spiro atoms. The molecule has 0 heterocycles. The fraction of sp³-hybridized carbons (Fsp3) is 0.133. The summed E-state index contributed by atoms with van der Waals surface area (Å²) in [4.78, 5) is 13.4. The van der Waals surface area contributed by atoms with Gasteiger partial charge in [0.05, 0.1) is 10.7 Å². The van der Waals surface area contributed by atoms with Crippen molar-refractivity contribution < 1.29 is 9.53 Å². The van der Waals surface area contributed by atoms with Crippen LogP contribution < -0.4 is 10.5 Å². The number of nitrogens with two attached hydrogens (primary N) is 1. The highest BCUT2D eigenvalue weighted by atomic mass is 79.9. The smallest absolute Gasteiger partial charge is 0.253 e. The molecule has 0 radical (unpaired) electrons. The standard InChI is InChI=1S/C15H14BrClN2O2/c1-19(2)15(20)9-3-6-13(12(18)7-9)21-14-8-10(16)4-5-11(14)17/h3-8H,18H2,1-2H3. The molecule has 0 aliphatic carbocycles. The van der Waals surface area contributed by atoms with Gasteiger partial charge in [0.15, 0.2) is 0 Å². The summed E-state index contributed by atoms with van der Waals surface area (Å²) in [5.41, 5.74) is 6.82. The predicted octanol–water partition coefficient (Wildman–Crippen LogP) is 4.18. The Balaban J connectivity index is 2.30. The minimum Gasteiger partial charge on any atom is -0.454 e. The van der Waals surface area contributed by atoms with E-state index < -0.39 is 0 Å². The number of carbonyl (C=O) groups excluding carboxylic acids is 1. The summed E-state index contributed by atoms with van der Waals surface area (Å²) in [6.45, 7) is 0. The lowest BCUT2D eigenvalue weighted by Gasteiger charge is -2.13. The van der Waals surface area contributed by atoms with Crippen molar-refractivity contribution in [2.45, 2.75) is 0 Å². The van der Waals surface area contributed by atoms with Crippen molar-refractivity contribution in [2.24, 2.45) is 0 Å². The molecule has 2 aromatic rings. The van der Waals surface area contributed by atoms with Gasteiger partial charge in [0.25, 0.3) is 5.91 Å². The van der Waals surface area contributed by atoms with Gasteiger partial charge in [0, 0.05) is 24.1 Å². The Morgan fingerprint density at radius 2 is 1.90 bits per heavy atom. The molecule has 110 valence electrons. The van der Waals surface area contributed by atoms with Gasteiger partial charge in [-0.15, -0.1) is 0 Å². The molecule has 6 heteroatoms. The van der Waals surface area contributed by atoms with Gasteiger partial charge >= 0.3 is 0 Å². The number of hydrogen-bond donors (Lipinski definition) is 1. The Morgan fingerprint density at radius 3 is 2.52 bits per heavy atom. The molecule has 0 atom stereocenters.